The maximum absolute atomic E-state index is 12.2. The van der Waals surface area contributed by atoms with E-state index in [1.807, 2.05) is 20.8 Å². The quantitative estimate of drug-likeness (QED) is 0.917. The van der Waals surface area contributed by atoms with E-state index in [0.717, 1.165) is 19.6 Å². The van der Waals surface area contributed by atoms with Gasteiger partial charge in [-0.2, -0.15) is 0 Å². The second-order valence-electron chi connectivity index (χ2n) is 6.94. The summed E-state index contributed by atoms with van der Waals surface area (Å²) in [4.78, 5) is 16.1. The molecule has 1 N–H and O–H groups in total. The fourth-order valence-electron chi connectivity index (χ4n) is 2.75. The van der Waals surface area contributed by atoms with E-state index < -0.39 is 0 Å². The van der Waals surface area contributed by atoms with Gasteiger partial charge in [-0.3, -0.25) is 9.69 Å². The fourth-order valence-corrected chi connectivity index (χ4v) is 3.61. The normalized spacial score (nSPS) is 19.0. The molecule has 0 saturated carbocycles. The number of carbonyl (C=O) groups is 1. The zero-order valence-corrected chi connectivity index (χ0v) is 14.3. The van der Waals surface area contributed by atoms with E-state index in [2.05, 4.69) is 27.7 Å². The lowest BCUT2D eigenvalue weighted by molar-refractivity contribution is -0.128. The molecule has 1 fully saturated rings. The van der Waals surface area contributed by atoms with Crippen LogP contribution in [0, 0.1) is 5.41 Å². The van der Waals surface area contributed by atoms with E-state index in [4.69, 9.17) is 0 Å². The van der Waals surface area contributed by atoms with Crippen molar-refractivity contribution in [3.63, 3.8) is 0 Å². The Morgan fingerprint density at radius 3 is 2.48 bits per heavy atom. The third kappa shape index (κ3) is 4.82. The Hall–Kier alpha value is -0.870. The van der Waals surface area contributed by atoms with Crippen LogP contribution < -0.4 is 5.32 Å². The van der Waals surface area contributed by atoms with Gasteiger partial charge in [-0.05, 0) is 37.4 Å². The van der Waals surface area contributed by atoms with E-state index >= 15 is 0 Å². The van der Waals surface area contributed by atoms with Crippen LogP contribution in [-0.2, 0) is 4.79 Å². The van der Waals surface area contributed by atoms with Crippen LogP contribution in [-0.4, -0.2) is 30.4 Å². The summed E-state index contributed by atoms with van der Waals surface area (Å²) >= 11 is 1.80. The molecule has 0 radical (unpaired) electrons. The van der Waals surface area contributed by atoms with E-state index in [9.17, 15) is 4.79 Å². The van der Waals surface area contributed by atoms with Crippen LogP contribution in [0.3, 0.4) is 0 Å². The molecule has 1 unspecified atom stereocenters. The summed E-state index contributed by atoms with van der Waals surface area (Å²) < 4.78 is 0. The van der Waals surface area contributed by atoms with Crippen LogP contribution in [0.4, 0.5) is 0 Å². The second-order valence-corrected chi connectivity index (χ2v) is 7.92. The smallest absolute Gasteiger partial charge is 0.225 e. The van der Waals surface area contributed by atoms with Gasteiger partial charge in [-0.1, -0.05) is 39.7 Å². The van der Waals surface area contributed by atoms with Crippen LogP contribution in [0.1, 0.15) is 57.4 Å². The molecule has 1 saturated heterocycles. The Balaban J connectivity index is 2.04. The summed E-state index contributed by atoms with van der Waals surface area (Å²) in [5.74, 6) is 0.138. The van der Waals surface area contributed by atoms with Crippen LogP contribution in [0.5, 0.6) is 0 Å². The largest absolute Gasteiger partial charge is 0.354 e. The molecule has 2 rings (SSSR count). The van der Waals surface area contributed by atoms with Crippen molar-refractivity contribution in [1.82, 2.24) is 10.2 Å². The van der Waals surface area contributed by atoms with Crippen molar-refractivity contribution in [3.05, 3.63) is 22.4 Å². The number of rotatable bonds is 4. The van der Waals surface area contributed by atoms with Gasteiger partial charge < -0.3 is 5.32 Å². The number of nitrogens with one attached hydrogen (secondary N) is 1. The van der Waals surface area contributed by atoms with E-state index in [1.165, 1.54) is 30.6 Å². The molecule has 1 aliphatic heterocycles. The SMILES string of the molecule is CC(C)(C)C(=O)NCC(c1cccs1)N1CCCCCC1. The molecule has 1 aromatic heterocycles. The highest BCUT2D eigenvalue weighted by molar-refractivity contribution is 7.10. The van der Waals surface area contributed by atoms with Crippen LogP contribution >= 0.6 is 11.3 Å². The predicted octanol–water partition coefficient (Wildman–Crippen LogP) is 3.83. The lowest BCUT2D eigenvalue weighted by Gasteiger charge is -2.31. The number of nitrogens with zero attached hydrogens (tertiary/aromatic N) is 1. The highest BCUT2D eigenvalue weighted by Crippen LogP contribution is 2.27. The molecule has 0 aromatic carbocycles. The van der Waals surface area contributed by atoms with Crippen molar-refractivity contribution in [1.29, 1.82) is 0 Å². The van der Waals surface area contributed by atoms with Gasteiger partial charge in [0.05, 0.1) is 6.04 Å². The molecular formula is C17H28N2OS. The maximum Gasteiger partial charge on any atom is 0.225 e. The minimum atomic E-state index is -0.321. The number of hydrogen-bond acceptors (Lipinski definition) is 3. The molecule has 1 aliphatic rings. The summed E-state index contributed by atoms with van der Waals surface area (Å²) in [5, 5.41) is 5.29. The third-order valence-electron chi connectivity index (χ3n) is 4.09. The third-order valence-corrected chi connectivity index (χ3v) is 5.06. The van der Waals surface area contributed by atoms with Gasteiger partial charge in [-0.15, -0.1) is 11.3 Å². The summed E-state index contributed by atoms with van der Waals surface area (Å²) in [6, 6.07) is 4.63. The Bertz CT molecular complexity index is 428. The highest BCUT2D eigenvalue weighted by Gasteiger charge is 2.26. The van der Waals surface area contributed by atoms with Gasteiger partial charge in [0.15, 0.2) is 0 Å². The summed E-state index contributed by atoms with van der Waals surface area (Å²) in [5.41, 5.74) is -0.321. The van der Waals surface area contributed by atoms with E-state index in [-0.39, 0.29) is 11.3 Å². The van der Waals surface area contributed by atoms with Gasteiger partial charge in [0.25, 0.3) is 0 Å². The van der Waals surface area contributed by atoms with Crippen molar-refractivity contribution in [2.24, 2.45) is 5.41 Å². The molecule has 1 aromatic rings. The minimum absolute atomic E-state index is 0.138. The Kier molecular flexibility index (Phi) is 5.82. The van der Waals surface area contributed by atoms with Crippen molar-refractivity contribution in [2.45, 2.75) is 52.5 Å². The standard InChI is InChI=1S/C17H28N2OS/c1-17(2,3)16(20)18-13-14(15-9-8-12-21-15)19-10-6-4-5-7-11-19/h8-9,12,14H,4-7,10-11,13H2,1-3H3,(H,18,20). The van der Waals surface area contributed by atoms with E-state index in [0.29, 0.717) is 6.04 Å². The van der Waals surface area contributed by atoms with Crippen LogP contribution in [0.25, 0.3) is 0 Å². The fraction of sp³-hybridized carbons (Fsp3) is 0.706. The topological polar surface area (TPSA) is 32.3 Å². The molecule has 1 amide bonds. The first-order chi connectivity index (χ1) is 9.98. The zero-order chi connectivity index (χ0) is 15.3. The molecular weight excluding hydrogens is 280 g/mol. The molecule has 21 heavy (non-hydrogen) atoms. The van der Waals surface area contributed by atoms with Gasteiger partial charge >= 0.3 is 0 Å². The van der Waals surface area contributed by atoms with Crippen molar-refractivity contribution < 1.29 is 4.79 Å². The molecule has 118 valence electrons. The van der Waals surface area contributed by atoms with Crippen molar-refractivity contribution in [2.75, 3.05) is 19.6 Å². The summed E-state index contributed by atoms with van der Waals surface area (Å²) in [7, 11) is 0. The molecule has 2 heterocycles. The monoisotopic (exact) mass is 308 g/mol. The number of hydrogen-bond donors (Lipinski definition) is 1. The highest BCUT2D eigenvalue weighted by atomic mass is 32.1. The van der Waals surface area contributed by atoms with Crippen LogP contribution in [0.2, 0.25) is 0 Å². The van der Waals surface area contributed by atoms with Crippen molar-refractivity contribution >= 4 is 17.2 Å². The molecule has 0 spiro atoms. The predicted molar refractivity (Wildman–Crippen MR) is 89.6 cm³/mol. The number of amides is 1. The lowest BCUT2D eigenvalue weighted by Crippen LogP contribution is -2.42. The summed E-state index contributed by atoms with van der Waals surface area (Å²) in [6.45, 7) is 8.91. The Morgan fingerprint density at radius 2 is 1.95 bits per heavy atom. The second kappa shape index (κ2) is 7.41. The van der Waals surface area contributed by atoms with Gasteiger partial charge in [0.1, 0.15) is 0 Å². The van der Waals surface area contributed by atoms with Gasteiger partial charge in [0, 0.05) is 16.8 Å². The minimum Gasteiger partial charge on any atom is -0.354 e. The van der Waals surface area contributed by atoms with Crippen LogP contribution in [0.15, 0.2) is 17.5 Å². The molecule has 4 heteroatoms. The number of likely N-dealkylation sites (tertiary alicyclic amines) is 1. The Labute approximate surface area is 132 Å². The number of carbonyl (C=O) groups excluding carboxylic acids is 1. The first-order valence-corrected chi connectivity index (χ1v) is 8.92. The van der Waals surface area contributed by atoms with E-state index in [1.54, 1.807) is 11.3 Å². The maximum atomic E-state index is 12.2. The van der Waals surface area contributed by atoms with Crippen molar-refractivity contribution in [3.8, 4) is 0 Å². The summed E-state index contributed by atoms with van der Waals surface area (Å²) in [6.07, 6.45) is 5.22. The molecule has 3 nitrogen and oxygen atoms in total. The first-order valence-electron chi connectivity index (χ1n) is 8.04. The van der Waals surface area contributed by atoms with Gasteiger partial charge in [0.2, 0.25) is 5.91 Å². The Morgan fingerprint density at radius 1 is 1.29 bits per heavy atom. The number of thiophene rings is 1. The van der Waals surface area contributed by atoms with Gasteiger partial charge in [-0.25, -0.2) is 0 Å². The molecule has 0 aliphatic carbocycles. The lowest BCUT2D eigenvalue weighted by atomic mass is 9.95. The zero-order valence-electron chi connectivity index (χ0n) is 13.5. The first kappa shape index (κ1) is 16.5. The average molecular weight is 308 g/mol. The molecule has 1 atom stereocenters. The molecule has 0 bridgehead atoms. The average Bonchev–Trinajstić information content (AvgIpc) is 2.81.